The lowest BCUT2D eigenvalue weighted by molar-refractivity contribution is -0.111. The minimum absolute atomic E-state index is 0.175. The number of nitrogens with zero attached hydrogens (tertiary/aromatic N) is 1. The molecule has 26 heavy (non-hydrogen) atoms. The van der Waals surface area contributed by atoms with E-state index >= 15 is 0 Å². The number of hydrogen-bond acceptors (Lipinski definition) is 3. The average molecular weight is 362 g/mol. The van der Waals surface area contributed by atoms with Crippen molar-refractivity contribution in [3.05, 3.63) is 76.7 Å². The zero-order valence-corrected chi connectivity index (χ0v) is 16.0. The van der Waals surface area contributed by atoms with Crippen molar-refractivity contribution in [2.75, 3.05) is 5.32 Å². The first-order valence-corrected chi connectivity index (χ1v) is 9.46. The van der Waals surface area contributed by atoms with Crippen molar-refractivity contribution in [1.82, 2.24) is 4.98 Å². The van der Waals surface area contributed by atoms with E-state index in [-0.39, 0.29) is 5.91 Å². The summed E-state index contributed by atoms with van der Waals surface area (Å²) in [4.78, 5) is 17.8. The van der Waals surface area contributed by atoms with Crippen molar-refractivity contribution in [1.29, 1.82) is 0 Å². The highest BCUT2D eigenvalue weighted by Crippen LogP contribution is 2.30. The Morgan fingerprint density at radius 1 is 1.08 bits per heavy atom. The van der Waals surface area contributed by atoms with Crippen LogP contribution in [0.25, 0.3) is 17.3 Å². The van der Waals surface area contributed by atoms with E-state index in [2.05, 4.69) is 36.3 Å². The first kappa shape index (κ1) is 18.1. The van der Waals surface area contributed by atoms with Crippen LogP contribution in [0.3, 0.4) is 0 Å². The Bertz CT molecular complexity index is 909. The summed E-state index contributed by atoms with van der Waals surface area (Å²) in [7, 11) is 0. The SMILES string of the molecule is Cc1sc(NC(=O)C=Cc2ccc(C(C)C)cc2)nc1-c1ccccc1. The van der Waals surface area contributed by atoms with Crippen molar-refractivity contribution >= 4 is 28.5 Å². The molecule has 0 bridgehead atoms. The highest BCUT2D eigenvalue weighted by Gasteiger charge is 2.10. The summed E-state index contributed by atoms with van der Waals surface area (Å²) in [6.07, 6.45) is 3.36. The standard InChI is InChI=1S/C22H22N2OS/c1-15(2)18-12-9-17(10-13-18)11-14-20(25)23-22-24-21(16(3)26-22)19-7-5-4-6-8-19/h4-15H,1-3H3,(H,23,24,25). The van der Waals surface area contributed by atoms with E-state index in [9.17, 15) is 4.79 Å². The van der Waals surface area contributed by atoms with Crippen LogP contribution in [-0.4, -0.2) is 10.9 Å². The number of carbonyl (C=O) groups excluding carboxylic acids is 1. The second kappa shape index (κ2) is 8.11. The van der Waals surface area contributed by atoms with Gasteiger partial charge in [-0.25, -0.2) is 4.98 Å². The molecule has 0 aliphatic heterocycles. The first-order chi connectivity index (χ1) is 12.5. The van der Waals surface area contributed by atoms with Gasteiger partial charge in [-0.1, -0.05) is 68.4 Å². The van der Waals surface area contributed by atoms with Crippen LogP contribution in [0, 0.1) is 6.92 Å². The fraction of sp³-hybridized carbons (Fsp3) is 0.182. The smallest absolute Gasteiger partial charge is 0.250 e. The van der Waals surface area contributed by atoms with Gasteiger partial charge >= 0.3 is 0 Å². The highest BCUT2D eigenvalue weighted by molar-refractivity contribution is 7.16. The van der Waals surface area contributed by atoms with Gasteiger partial charge in [-0.3, -0.25) is 10.1 Å². The predicted molar refractivity (Wildman–Crippen MR) is 110 cm³/mol. The van der Waals surface area contributed by atoms with Crippen LogP contribution in [0.15, 0.2) is 60.7 Å². The highest BCUT2D eigenvalue weighted by atomic mass is 32.1. The summed E-state index contributed by atoms with van der Waals surface area (Å²) in [6.45, 7) is 6.35. The summed E-state index contributed by atoms with van der Waals surface area (Å²) in [5.41, 5.74) is 4.27. The van der Waals surface area contributed by atoms with Gasteiger partial charge in [0.25, 0.3) is 0 Å². The lowest BCUT2D eigenvalue weighted by atomic mass is 10.0. The third-order valence-electron chi connectivity index (χ3n) is 4.10. The van der Waals surface area contributed by atoms with E-state index in [0.717, 1.165) is 21.7 Å². The number of anilines is 1. The molecule has 1 heterocycles. The molecule has 1 N–H and O–H groups in total. The molecule has 0 atom stereocenters. The predicted octanol–water partition coefficient (Wildman–Crippen LogP) is 5.89. The number of benzene rings is 2. The maximum Gasteiger partial charge on any atom is 0.250 e. The Morgan fingerprint density at radius 2 is 1.77 bits per heavy atom. The van der Waals surface area contributed by atoms with E-state index in [0.29, 0.717) is 11.0 Å². The molecule has 3 aromatic rings. The van der Waals surface area contributed by atoms with Gasteiger partial charge in [0.05, 0.1) is 5.69 Å². The largest absolute Gasteiger partial charge is 0.298 e. The summed E-state index contributed by atoms with van der Waals surface area (Å²) >= 11 is 1.49. The zero-order valence-electron chi connectivity index (χ0n) is 15.2. The minimum atomic E-state index is -0.175. The molecule has 0 aliphatic rings. The van der Waals surface area contributed by atoms with Crippen molar-refractivity contribution in [3.8, 4) is 11.3 Å². The molecular formula is C22H22N2OS. The van der Waals surface area contributed by atoms with Gasteiger partial charge in [-0.05, 0) is 30.0 Å². The lowest BCUT2D eigenvalue weighted by Crippen LogP contribution is -2.07. The quantitative estimate of drug-likeness (QED) is 0.575. The van der Waals surface area contributed by atoms with Crippen LogP contribution in [-0.2, 0) is 4.79 Å². The number of carbonyl (C=O) groups is 1. The Labute approximate surface area is 158 Å². The number of nitrogens with one attached hydrogen (secondary N) is 1. The number of aromatic nitrogens is 1. The molecule has 2 aromatic carbocycles. The van der Waals surface area contributed by atoms with Gasteiger partial charge in [-0.15, -0.1) is 11.3 Å². The van der Waals surface area contributed by atoms with Crippen LogP contribution in [0.1, 0.15) is 35.8 Å². The Kier molecular flexibility index (Phi) is 5.64. The summed E-state index contributed by atoms with van der Waals surface area (Å²) in [6, 6.07) is 18.2. The van der Waals surface area contributed by atoms with E-state index in [4.69, 9.17) is 0 Å². The topological polar surface area (TPSA) is 42.0 Å². The molecule has 0 spiro atoms. The third-order valence-corrected chi connectivity index (χ3v) is 4.99. The lowest BCUT2D eigenvalue weighted by Gasteiger charge is -2.04. The van der Waals surface area contributed by atoms with E-state index in [1.807, 2.05) is 55.5 Å². The molecule has 4 heteroatoms. The molecule has 0 saturated heterocycles. The van der Waals surface area contributed by atoms with Gasteiger partial charge in [-0.2, -0.15) is 0 Å². The van der Waals surface area contributed by atoms with Crippen LogP contribution in [0.4, 0.5) is 5.13 Å². The Balaban J connectivity index is 1.67. The van der Waals surface area contributed by atoms with Crippen LogP contribution >= 0.6 is 11.3 Å². The fourth-order valence-electron chi connectivity index (χ4n) is 2.62. The fourth-order valence-corrected chi connectivity index (χ4v) is 3.46. The molecule has 132 valence electrons. The number of hydrogen-bond donors (Lipinski definition) is 1. The monoisotopic (exact) mass is 362 g/mol. The first-order valence-electron chi connectivity index (χ1n) is 8.65. The van der Waals surface area contributed by atoms with Crippen molar-refractivity contribution < 1.29 is 4.79 Å². The average Bonchev–Trinajstić information content (AvgIpc) is 3.01. The zero-order chi connectivity index (χ0) is 18.5. The van der Waals surface area contributed by atoms with Crippen molar-refractivity contribution in [3.63, 3.8) is 0 Å². The number of aryl methyl sites for hydroxylation is 1. The molecule has 0 fully saturated rings. The molecular weight excluding hydrogens is 340 g/mol. The Morgan fingerprint density at radius 3 is 2.42 bits per heavy atom. The number of amides is 1. The van der Waals surface area contributed by atoms with Gasteiger partial charge in [0.15, 0.2) is 5.13 Å². The van der Waals surface area contributed by atoms with Gasteiger partial charge in [0.2, 0.25) is 5.91 Å². The van der Waals surface area contributed by atoms with Crippen molar-refractivity contribution in [2.45, 2.75) is 26.7 Å². The van der Waals surface area contributed by atoms with Gasteiger partial charge < -0.3 is 0 Å². The maximum atomic E-state index is 12.2. The van der Waals surface area contributed by atoms with Crippen LogP contribution in [0.2, 0.25) is 0 Å². The second-order valence-electron chi connectivity index (χ2n) is 6.43. The molecule has 3 nitrogen and oxygen atoms in total. The molecule has 0 unspecified atom stereocenters. The van der Waals surface area contributed by atoms with E-state index in [1.165, 1.54) is 16.9 Å². The third kappa shape index (κ3) is 4.46. The van der Waals surface area contributed by atoms with E-state index < -0.39 is 0 Å². The normalized spacial score (nSPS) is 11.2. The minimum Gasteiger partial charge on any atom is -0.298 e. The summed E-state index contributed by atoms with van der Waals surface area (Å²) in [5.74, 6) is 0.328. The summed E-state index contributed by atoms with van der Waals surface area (Å²) < 4.78 is 0. The molecule has 3 rings (SSSR count). The molecule has 1 aromatic heterocycles. The Hall–Kier alpha value is -2.72. The second-order valence-corrected chi connectivity index (χ2v) is 7.64. The molecule has 0 aliphatic carbocycles. The molecule has 0 radical (unpaired) electrons. The summed E-state index contributed by atoms with van der Waals surface area (Å²) in [5, 5.41) is 3.47. The van der Waals surface area contributed by atoms with Crippen LogP contribution in [0.5, 0.6) is 0 Å². The number of rotatable bonds is 5. The van der Waals surface area contributed by atoms with Gasteiger partial charge in [0.1, 0.15) is 0 Å². The number of thiazole rings is 1. The van der Waals surface area contributed by atoms with Gasteiger partial charge in [0, 0.05) is 16.5 Å². The van der Waals surface area contributed by atoms with Crippen molar-refractivity contribution in [2.24, 2.45) is 0 Å². The van der Waals surface area contributed by atoms with Crippen LogP contribution < -0.4 is 5.32 Å². The molecule has 0 saturated carbocycles. The maximum absolute atomic E-state index is 12.2. The molecule has 1 amide bonds. The van der Waals surface area contributed by atoms with E-state index in [1.54, 1.807) is 6.08 Å².